The molecule has 0 heterocycles. The lowest BCUT2D eigenvalue weighted by molar-refractivity contribution is 0.0955. The Hall–Kier alpha value is -4.21. The lowest BCUT2D eigenvalue weighted by Crippen LogP contribution is -2.17. The van der Waals surface area contributed by atoms with Crippen molar-refractivity contribution >= 4 is 33.8 Å². The Morgan fingerprint density at radius 3 is 2.14 bits per heavy atom. The Labute approximate surface area is 218 Å². The van der Waals surface area contributed by atoms with Gasteiger partial charge in [-0.15, -0.1) is 0 Å². The molecule has 1 amide bonds. The Morgan fingerprint density at radius 1 is 0.865 bits per heavy atom. The molecule has 4 rings (SSSR count). The van der Waals surface area contributed by atoms with Gasteiger partial charge in [-0.05, 0) is 96.1 Å². The molecule has 0 atom stereocenters. The van der Waals surface area contributed by atoms with Crippen molar-refractivity contribution < 1.29 is 26.5 Å². The average molecular weight is 539 g/mol. The predicted octanol–water partition coefficient (Wildman–Crippen LogP) is 5.59. The molecule has 0 fully saturated rings. The minimum absolute atomic E-state index is 0.0730. The third-order valence-corrected chi connectivity index (χ3v) is 6.52. The van der Waals surface area contributed by atoms with Crippen molar-refractivity contribution in [3.8, 4) is 11.5 Å². The van der Waals surface area contributed by atoms with Crippen LogP contribution < -0.4 is 14.3 Å². The van der Waals surface area contributed by atoms with E-state index >= 15 is 0 Å². The van der Waals surface area contributed by atoms with Gasteiger partial charge >= 0.3 is 10.1 Å². The topological polar surface area (TPSA) is 94.1 Å². The molecule has 1 N–H and O–H groups in total. The van der Waals surface area contributed by atoms with E-state index in [-0.39, 0.29) is 10.6 Å². The summed E-state index contributed by atoms with van der Waals surface area (Å²) < 4.78 is 48.4. The number of nitrogens with zero attached hydrogens (tertiary/aromatic N) is 1. The number of hydrogen-bond acceptors (Lipinski definition) is 6. The second-order valence-electron chi connectivity index (χ2n) is 7.70. The van der Waals surface area contributed by atoms with E-state index in [1.54, 1.807) is 48.5 Å². The van der Waals surface area contributed by atoms with Crippen LogP contribution in [0.4, 0.5) is 4.39 Å². The van der Waals surface area contributed by atoms with Gasteiger partial charge in [0, 0.05) is 10.6 Å². The van der Waals surface area contributed by atoms with Crippen LogP contribution in [-0.4, -0.2) is 20.5 Å². The van der Waals surface area contributed by atoms with Crippen molar-refractivity contribution in [2.45, 2.75) is 11.5 Å². The lowest BCUT2D eigenvalue weighted by Gasteiger charge is -2.07. The molecule has 37 heavy (non-hydrogen) atoms. The van der Waals surface area contributed by atoms with Crippen molar-refractivity contribution in [1.82, 2.24) is 5.43 Å². The van der Waals surface area contributed by atoms with Crippen LogP contribution in [0.5, 0.6) is 11.5 Å². The Morgan fingerprint density at radius 2 is 1.49 bits per heavy atom. The predicted molar refractivity (Wildman–Crippen MR) is 138 cm³/mol. The molecule has 0 aliphatic heterocycles. The number of hydrazone groups is 1. The van der Waals surface area contributed by atoms with E-state index < -0.39 is 21.8 Å². The fraction of sp³-hybridized carbons (Fsp3) is 0.0370. The number of benzene rings is 4. The summed E-state index contributed by atoms with van der Waals surface area (Å²) in [6.07, 6.45) is 1.40. The van der Waals surface area contributed by atoms with Crippen molar-refractivity contribution in [2.24, 2.45) is 5.10 Å². The fourth-order valence-corrected chi connectivity index (χ4v) is 4.12. The third-order valence-electron chi connectivity index (χ3n) is 5.00. The van der Waals surface area contributed by atoms with Gasteiger partial charge in [0.25, 0.3) is 5.91 Å². The molecule has 7 nitrogen and oxygen atoms in total. The molecular weight excluding hydrogens is 519 g/mol. The van der Waals surface area contributed by atoms with Gasteiger partial charge in [0.15, 0.2) is 0 Å². The first kappa shape index (κ1) is 25.9. The zero-order valence-electron chi connectivity index (χ0n) is 19.2. The van der Waals surface area contributed by atoms with Crippen molar-refractivity contribution in [1.29, 1.82) is 0 Å². The quantitative estimate of drug-likeness (QED) is 0.170. The number of amides is 1. The highest BCUT2D eigenvalue weighted by Crippen LogP contribution is 2.19. The first-order chi connectivity index (χ1) is 17.8. The number of rotatable bonds is 9. The Kier molecular flexibility index (Phi) is 8.17. The number of halogens is 2. The van der Waals surface area contributed by atoms with Gasteiger partial charge in [0.05, 0.1) is 6.21 Å². The molecule has 4 aromatic carbocycles. The van der Waals surface area contributed by atoms with E-state index in [1.807, 2.05) is 12.1 Å². The largest absolute Gasteiger partial charge is 0.489 e. The van der Waals surface area contributed by atoms with E-state index in [1.165, 1.54) is 18.3 Å². The maximum absolute atomic E-state index is 13.0. The molecule has 0 aromatic heterocycles. The monoisotopic (exact) mass is 538 g/mol. The summed E-state index contributed by atoms with van der Waals surface area (Å²) in [5.74, 6) is -0.278. The Balaban J connectivity index is 1.28. The van der Waals surface area contributed by atoms with Gasteiger partial charge < -0.3 is 8.92 Å². The highest BCUT2D eigenvalue weighted by atomic mass is 35.5. The smallest absolute Gasteiger partial charge is 0.339 e. The lowest BCUT2D eigenvalue weighted by atomic mass is 10.2. The highest BCUT2D eigenvalue weighted by Gasteiger charge is 2.16. The van der Waals surface area contributed by atoms with E-state index in [0.29, 0.717) is 28.5 Å². The maximum Gasteiger partial charge on any atom is 0.339 e. The standard InChI is InChI=1S/C27H20ClFN2O5S/c28-22-7-1-20(2-8-22)18-35-24-13-5-21(6-14-24)27(32)31-30-17-19-3-11-25(12-4-19)36-37(33,34)26-15-9-23(29)10-16-26/h1-17H,18H2,(H,31,32)/b30-17-. The third kappa shape index (κ3) is 7.39. The summed E-state index contributed by atoms with van der Waals surface area (Å²) in [6.45, 7) is 0.370. The van der Waals surface area contributed by atoms with Crippen LogP contribution in [0.15, 0.2) is 107 Å². The molecule has 0 aliphatic rings. The molecule has 0 saturated carbocycles. The zero-order valence-corrected chi connectivity index (χ0v) is 20.7. The normalized spacial score (nSPS) is 11.3. The Bertz CT molecular complexity index is 1490. The molecule has 0 aliphatic carbocycles. The summed E-state index contributed by atoms with van der Waals surface area (Å²) in [4.78, 5) is 12.2. The van der Waals surface area contributed by atoms with Gasteiger partial charge in [-0.2, -0.15) is 13.5 Å². The van der Waals surface area contributed by atoms with E-state index in [9.17, 15) is 17.6 Å². The van der Waals surface area contributed by atoms with E-state index in [4.69, 9.17) is 20.5 Å². The summed E-state index contributed by atoms with van der Waals surface area (Å²) in [5.41, 5.74) is 4.38. The molecule has 10 heteroatoms. The van der Waals surface area contributed by atoms with Crippen molar-refractivity contribution in [2.75, 3.05) is 0 Å². The van der Waals surface area contributed by atoms with Crippen LogP contribution in [0.25, 0.3) is 0 Å². The minimum atomic E-state index is -4.10. The zero-order chi connectivity index (χ0) is 26.3. The second kappa shape index (κ2) is 11.7. The van der Waals surface area contributed by atoms with Crippen LogP contribution in [-0.2, 0) is 16.7 Å². The molecule has 188 valence electrons. The summed E-state index contributed by atoms with van der Waals surface area (Å²) in [5, 5.41) is 4.58. The molecule has 0 bridgehead atoms. The molecule has 4 aromatic rings. The maximum atomic E-state index is 13.0. The molecule has 0 unspecified atom stereocenters. The number of hydrogen-bond donors (Lipinski definition) is 1. The van der Waals surface area contributed by atoms with Gasteiger partial charge in [-0.1, -0.05) is 23.7 Å². The molecule has 0 saturated heterocycles. The van der Waals surface area contributed by atoms with Crippen LogP contribution in [0.3, 0.4) is 0 Å². The van der Waals surface area contributed by atoms with E-state index in [0.717, 1.165) is 29.8 Å². The van der Waals surface area contributed by atoms with Gasteiger partial charge in [-0.3, -0.25) is 4.79 Å². The first-order valence-electron chi connectivity index (χ1n) is 10.9. The van der Waals surface area contributed by atoms with Gasteiger partial charge in [0.1, 0.15) is 28.8 Å². The summed E-state index contributed by atoms with van der Waals surface area (Å²) in [6, 6.07) is 24.3. The summed E-state index contributed by atoms with van der Waals surface area (Å²) >= 11 is 5.87. The van der Waals surface area contributed by atoms with Crippen LogP contribution in [0.1, 0.15) is 21.5 Å². The summed E-state index contributed by atoms with van der Waals surface area (Å²) in [7, 11) is -4.10. The molecule has 0 spiro atoms. The number of carbonyl (C=O) groups is 1. The number of nitrogens with one attached hydrogen (secondary N) is 1. The molecular formula is C27H20ClFN2O5S. The SMILES string of the molecule is O=C(N/N=C\c1ccc(OS(=O)(=O)c2ccc(F)cc2)cc1)c1ccc(OCc2ccc(Cl)cc2)cc1. The van der Waals surface area contributed by atoms with Crippen molar-refractivity contribution in [3.63, 3.8) is 0 Å². The number of ether oxygens (including phenoxy) is 1. The van der Waals surface area contributed by atoms with Gasteiger partial charge in [0.2, 0.25) is 0 Å². The van der Waals surface area contributed by atoms with Crippen LogP contribution >= 0.6 is 11.6 Å². The van der Waals surface area contributed by atoms with Crippen molar-refractivity contribution in [3.05, 3.63) is 125 Å². The second-order valence-corrected chi connectivity index (χ2v) is 9.68. The average Bonchev–Trinajstić information content (AvgIpc) is 2.90. The first-order valence-corrected chi connectivity index (χ1v) is 12.7. The fourth-order valence-electron chi connectivity index (χ4n) is 3.07. The van der Waals surface area contributed by atoms with Crippen LogP contribution in [0.2, 0.25) is 5.02 Å². The molecule has 0 radical (unpaired) electrons. The van der Waals surface area contributed by atoms with Gasteiger partial charge in [-0.25, -0.2) is 9.82 Å². The minimum Gasteiger partial charge on any atom is -0.489 e. The van der Waals surface area contributed by atoms with Crippen LogP contribution in [0, 0.1) is 5.82 Å². The number of carbonyl (C=O) groups excluding carboxylic acids is 1. The highest BCUT2D eigenvalue weighted by molar-refractivity contribution is 7.87. The van der Waals surface area contributed by atoms with E-state index in [2.05, 4.69) is 10.5 Å².